The monoisotopic (exact) mass is 332 g/mol. The molecular formula is C17H20N2O5. The Bertz CT molecular complexity index is 785. The molecule has 7 nitrogen and oxygen atoms in total. The average Bonchev–Trinajstić information content (AvgIpc) is 2.62. The first-order valence-corrected chi connectivity index (χ1v) is 7.45. The van der Waals surface area contributed by atoms with E-state index in [1.165, 1.54) is 13.2 Å². The third-order valence-electron chi connectivity index (χ3n) is 3.66. The summed E-state index contributed by atoms with van der Waals surface area (Å²) in [5.74, 6) is 0.640. The van der Waals surface area contributed by atoms with Gasteiger partial charge >= 0.3 is 5.97 Å². The van der Waals surface area contributed by atoms with Crippen LogP contribution in [0.15, 0.2) is 35.1 Å². The topological polar surface area (TPSA) is 79.7 Å². The summed E-state index contributed by atoms with van der Waals surface area (Å²) in [4.78, 5) is 24.0. The van der Waals surface area contributed by atoms with Crippen LogP contribution in [0.3, 0.4) is 0 Å². The van der Waals surface area contributed by atoms with Crippen LogP contribution in [0.5, 0.6) is 11.5 Å². The van der Waals surface area contributed by atoms with E-state index in [0.29, 0.717) is 23.6 Å². The lowest BCUT2D eigenvalue weighted by Gasteiger charge is -2.15. The zero-order valence-corrected chi connectivity index (χ0v) is 14.1. The molecule has 1 heterocycles. The van der Waals surface area contributed by atoms with Crippen molar-refractivity contribution in [2.45, 2.75) is 19.4 Å². The predicted octanol–water partition coefficient (Wildman–Crippen LogP) is 2.05. The summed E-state index contributed by atoms with van der Waals surface area (Å²) in [6.45, 7) is 1.79. The van der Waals surface area contributed by atoms with Crippen LogP contribution in [-0.4, -0.2) is 37.1 Å². The van der Waals surface area contributed by atoms with Crippen molar-refractivity contribution in [2.75, 3.05) is 21.3 Å². The molecule has 0 aliphatic carbocycles. The first-order chi connectivity index (χ1) is 11.5. The normalized spacial score (nSPS) is 11.7. The van der Waals surface area contributed by atoms with E-state index in [2.05, 4.69) is 5.10 Å². The molecule has 0 amide bonds. The smallest absolute Gasteiger partial charge is 0.330 e. The molecule has 7 heteroatoms. The van der Waals surface area contributed by atoms with Crippen molar-refractivity contribution in [3.8, 4) is 22.8 Å². The minimum atomic E-state index is -0.761. The minimum absolute atomic E-state index is 0.364. The third-order valence-corrected chi connectivity index (χ3v) is 3.66. The summed E-state index contributed by atoms with van der Waals surface area (Å²) in [5.41, 5.74) is 0.913. The van der Waals surface area contributed by atoms with Crippen LogP contribution in [0.4, 0.5) is 0 Å². The predicted molar refractivity (Wildman–Crippen MR) is 88.4 cm³/mol. The summed E-state index contributed by atoms with van der Waals surface area (Å²) in [6, 6.07) is 7.53. The minimum Gasteiger partial charge on any atom is -0.493 e. The summed E-state index contributed by atoms with van der Waals surface area (Å²) < 4.78 is 16.4. The molecule has 2 aromatic rings. The van der Waals surface area contributed by atoms with E-state index in [0.717, 1.165) is 10.2 Å². The quantitative estimate of drug-likeness (QED) is 0.753. The molecule has 0 unspecified atom stereocenters. The molecule has 2 rings (SSSR count). The summed E-state index contributed by atoms with van der Waals surface area (Å²) in [6.07, 6.45) is 0.398. The Morgan fingerprint density at radius 1 is 1.12 bits per heavy atom. The zero-order valence-electron chi connectivity index (χ0n) is 14.1. The third kappa shape index (κ3) is 3.40. The Kier molecular flexibility index (Phi) is 5.57. The van der Waals surface area contributed by atoms with Gasteiger partial charge in [0, 0.05) is 11.6 Å². The Balaban J connectivity index is 2.52. The van der Waals surface area contributed by atoms with E-state index in [1.54, 1.807) is 45.4 Å². The van der Waals surface area contributed by atoms with Crippen LogP contribution in [0.25, 0.3) is 11.3 Å². The van der Waals surface area contributed by atoms with Crippen molar-refractivity contribution in [1.82, 2.24) is 9.78 Å². The zero-order chi connectivity index (χ0) is 17.7. The number of carbonyl (C=O) groups excluding carboxylic acids is 1. The molecule has 24 heavy (non-hydrogen) atoms. The van der Waals surface area contributed by atoms with Gasteiger partial charge in [-0.3, -0.25) is 4.79 Å². The van der Waals surface area contributed by atoms with Crippen LogP contribution in [0, 0.1) is 0 Å². The van der Waals surface area contributed by atoms with Gasteiger partial charge in [-0.2, -0.15) is 5.10 Å². The van der Waals surface area contributed by atoms with Crippen LogP contribution in [0.2, 0.25) is 0 Å². The van der Waals surface area contributed by atoms with Crippen molar-refractivity contribution >= 4 is 5.97 Å². The van der Waals surface area contributed by atoms with E-state index < -0.39 is 12.0 Å². The first-order valence-electron chi connectivity index (χ1n) is 7.45. The van der Waals surface area contributed by atoms with Crippen molar-refractivity contribution in [3.05, 3.63) is 40.7 Å². The van der Waals surface area contributed by atoms with E-state index in [9.17, 15) is 9.59 Å². The lowest BCUT2D eigenvalue weighted by Crippen LogP contribution is -2.32. The number of aromatic nitrogens is 2. The van der Waals surface area contributed by atoms with Crippen molar-refractivity contribution in [1.29, 1.82) is 0 Å². The van der Waals surface area contributed by atoms with E-state index >= 15 is 0 Å². The summed E-state index contributed by atoms with van der Waals surface area (Å²) in [7, 11) is 4.38. The Morgan fingerprint density at radius 2 is 1.83 bits per heavy atom. The molecule has 0 fully saturated rings. The highest BCUT2D eigenvalue weighted by Gasteiger charge is 2.22. The highest BCUT2D eigenvalue weighted by Crippen LogP contribution is 2.31. The van der Waals surface area contributed by atoms with Crippen LogP contribution in [0.1, 0.15) is 19.4 Å². The second-order valence-electron chi connectivity index (χ2n) is 5.02. The molecule has 0 aliphatic heterocycles. The molecule has 1 aromatic heterocycles. The highest BCUT2D eigenvalue weighted by molar-refractivity contribution is 5.74. The van der Waals surface area contributed by atoms with E-state index in [1.807, 2.05) is 0 Å². The van der Waals surface area contributed by atoms with Gasteiger partial charge in [0.25, 0.3) is 5.56 Å². The molecule has 0 saturated carbocycles. The Morgan fingerprint density at radius 3 is 2.42 bits per heavy atom. The SMILES string of the molecule is CC[C@H](C(=O)OC)n1nc(-c2ccc(OC)c(OC)c2)ccc1=O. The van der Waals surface area contributed by atoms with Gasteiger partial charge < -0.3 is 14.2 Å². The lowest BCUT2D eigenvalue weighted by atomic mass is 10.1. The number of hydrogen-bond donors (Lipinski definition) is 0. The number of carbonyl (C=O) groups is 1. The summed E-state index contributed by atoms with van der Waals surface area (Å²) >= 11 is 0. The molecular weight excluding hydrogens is 312 g/mol. The average molecular weight is 332 g/mol. The molecule has 0 aliphatic rings. The van der Waals surface area contributed by atoms with Crippen LogP contribution < -0.4 is 15.0 Å². The lowest BCUT2D eigenvalue weighted by molar-refractivity contribution is -0.145. The van der Waals surface area contributed by atoms with Crippen molar-refractivity contribution in [3.63, 3.8) is 0 Å². The van der Waals surface area contributed by atoms with Crippen LogP contribution in [-0.2, 0) is 9.53 Å². The molecule has 1 aromatic carbocycles. The maximum atomic E-state index is 12.1. The fourth-order valence-electron chi connectivity index (χ4n) is 2.37. The number of rotatable bonds is 6. The van der Waals surface area contributed by atoms with E-state index in [-0.39, 0.29) is 5.56 Å². The fraction of sp³-hybridized carbons (Fsp3) is 0.353. The van der Waals surface area contributed by atoms with Gasteiger partial charge in [-0.1, -0.05) is 6.92 Å². The van der Waals surface area contributed by atoms with Gasteiger partial charge in [0.2, 0.25) is 0 Å². The van der Waals surface area contributed by atoms with Gasteiger partial charge in [0.05, 0.1) is 27.0 Å². The number of hydrogen-bond acceptors (Lipinski definition) is 6. The number of esters is 1. The number of methoxy groups -OCH3 is 3. The first kappa shape index (κ1) is 17.5. The number of nitrogens with zero attached hydrogens (tertiary/aromatic N) is 2. The van der Waals surface area contributed by atoms with E-state index in [4.69, 9.17) is 14.2 Å². The molecule has 0 spiro atoms. The number of ether oxygens (including phenoxy) is 3. The van der Waals surface area contributed by atoms with Gasteiger partial charge in [0.15, 0.2) is 17.5 Å². The molecule has 128 valence electrons. The largest absolute Gasteiger partial charge is 0.493 e. The molecule has 0 bridgehead atoms. The Hall–Kier alpha value is -2.83. The molecule has 0 radical (unpaired) electrons. The van der Waals surface area contributed by atoms with Gasteiger partial charge in [-0.05, 0) is 30.7 Å². The molecule has 0 saturated heterocycles. The second kappa shape index (κ2) is 7.63. The highest BCUT2D eigenvalue weighted by atomic mass is 16.5. The van der Waals surface area contributed by atoms with Crippen molar-refractivity contribution < 1.29 is 19.0 Å². The van der Waals surface area contributed by atoms with Gasteiger partial charge in [-0.15, -0.1) is 0 Å². The second-order valence-corrected chi connectivity index (χ2v) is 5.02. The fourth-order valence-corrected chi connectivity index (χ4v) is 2.37. The maximum absolute atomic E-state index is 12.1. The number of benzene rings is 1. The maximum Gasteiger partial charge on any atom is 0.330 e. The Labute approximate surface area is 139 Å². The molecule has 1 atom stereocenters. The van der Waals surface area contributed by atoms with Crippen LogP contribution >= 0.6 is 0 Å². The standard InChI is InChI=1S/C17H20N2O5/c1-5-13(17(21)24-4)19-16(20)9-7-12(18-19)11-6-8-14(22-2)15(10-11)23-3/h6-10,13H,5H2,1-4H3/t13-/m1/s1. The van der Waals surface area contributed by atoms with Gasteiger partial charge in [-0.25, -0.2) is 9.48 Å². The molecule has 0 N–H and O–H groups in total. The van der Waals surface area contributed by atoms with Crippen molar-refractivity contribution in [2.24, 2.45) is 0 Å². The van der Waals surface area contributed by atoms with Gasteiger partial charge in [0.1, 0.15) is 0 Å². The summed E-state index contributed by atoms with van der Waals surface area (Å²) in [5, 5.41) is 4.32.